The molecule has 2 aromatic rings. The third-order valence-electron chi connectivity index (χ3n) is 2.82. The molecule has 0 aliphatic rings. The zero-order chi connectivity index (χ0) is 12.3. The average molecular weight is 230 g/mol. The van der Waals surface area contributed by atoms with Crippen molar-refractivity contribution in [2.24, 2.45) is 0 Å². The van der Waals surface area contributed by atoms with E-state index in [9.17, 15) is 0 Å². The molecule has 1 N–H and O–H groups in total. The smallest absolute Gasteiger partial charge is 0.124 e. The van der Waals surface area contributed by atoms with Crippen molar-refractivity contribution >= 4 is 0 Å². The molecule has 1 heterocycles. The van der Waals surface area contributed by atoms with Gasteiger partial charge in [0.15, 0.2) is 0 Å². The van der Waals surface area contributed by atoms with Gasteiger partial charge < -0.3 is 9.84 Å². The summed E-state index contributed by atoms with van der Waals surface area (Å²) >= 11 is 0. The van der Waals surface area contributed by atoms with Gasteiger partial charge in [0, 0.05) is 18.7 Å². The first-order valence-corrected chi connectivity index (χ1v) is 5.86. The van der Waals surface area contributed by atoms with Crippen molar-refractivity contribution in [3.05, 3.63) is 52.9 Å². The third-order valence-corrected chi connectivity index (χ3v) is 2.82. The molecule has 0 aliphatic carbocycles. The molecule has 0 saturated carbocycles. The molecule has 17 heavy (non-hydrogen) atoms. The Labute approximate surface area is 102 Å². The zero-order valence-corrected chi connectivity index (χ0v) is 10.5. The number of hydrogen-bond donors (Lipinski definition) is 1. The topological polar surface area (TPSA) is 38.1 Å². The largest absolute Gasteiger partial charge is 0.364 e. The highest BCUT2D eigenvalue weighted by molar-refractivity contribution is 5.30. The fourth-order valence-electron chi connectivity index (χ4n) is 1.96. The zero-order valence-electron chi connectivity index (χ0n) is 10.5. The fourth-order valence-corrected chi connectivity index (χ4v) is 1.96. The van der Waals surface area contributed by atoms with Gasteiger partial charge in [-0.05, 0) is 26.3 Å². The van der Waals surface area contributed by atoms with Crippen LogP contribution in [0.25, 0.3) is 0 Å². The molecule has 0 radical (unpaired) electrons. The lowest BCUT2D eigenvalue weighted by molar-refractivity contribution is 0.406. The molecule has 3 heteroatoms. The Hall–Kier alpha value is -1.61. The Morgan fingerprint density at radius 3 is 2.53 bits per heavy atom. The van der Waals surface area contributed by atoms with E-state index in [0.717, 1.165) is 12.2 Å². The summed E-state index contributed by atoms with van der Waals surface area (Å²) < 4.78 is 4.80. The quantitative estimate of drug-likeness (QED) is 0.876. The molecule has 0 bridgehead atoms. The van der Waals surface area contributed by atoms with E-state index < -0.39 is 0 Å². The number of aryl methyl sites for hydroxylation is 2. The average Bonchev–Trinajstić information content (AvgIpc) is 2.77. The molecule has 0 amide bonds. The molecular weight excluding hydrogens is 212 g/mol. The van der Waals surface area contributed by atoms with Crippen LogP contribution >= 0.6 is 0 Å². The summed E-state index contributed by atoms with van der Waals surface area (Å²) in [5, 5.41) is 7.31. The highest BCUT2D eigenvalue weighted by Gasteiger charge is 2.06. The van der Waals surface area contributed by atoms with Gasteiger partial charge in [-0.15, -0.1) is 0 Å². The normalized spacial score (nSPS) is 12.6. The van der Waals surface area contributed by atoms with Gasteiger partial charge in [0.25, 0.3) is 0 Å². The van der Waals surface area contributed by atoms with E-state index in [1.165, 1.54) is 16.7 Å². The maximum Gasteiger partial charge on any atom is 0.124 e. The van der Waals surface area contributed by atoms with Crippen LogP contribution in [0.3, 0.4) is 0 Å². The van der Waals surface area contributed by atoms with Crippen LogP contribution in [0.5, 0.6) is 0 Å². The molecule has 3 nitrogen and oxygen atoms in total. The van der Waals surface area contributed by atoms with Gasteiger partial charge in [-0.2, -0.15) is 0 Å². The van der Waals surface area contributed by atoms with Crippen molar-refractivity contribution < 1.29 is 4.52 Å². The van der Waals surface area contributed by atoms with Crippen LogP contribution in [0.15, 0.2) is 35.1 Å². The van der Waals surface area contributed by atoms with Gasteiger partial charge in [0.2, 0.25) is 0 Å². The van der Waals surface area contributed by atoms with Gasteiger partial charge >= 0.3 is 0 Å². The molecule has 1 aromatic carbocycles. The molecule has 1 unspecified atom stereocenters. The number of rotatable bonds is 4. The number of hydrogen-bond acceptors (Lipinski definition) is 3. The van der Waals surface area contributed by atoms with Gasteiger partial charge in [0.1, 0.15) is 6.26 Å². The first kappa shape index (κ1) is 11.9. The van der Waals surface area contributed by atoms with E-state index in [1.807, 2.05) is 6.07 Å². The molecule has 90 valence electrons. The summed E-state index contributed by atoms with van der Waals surface area (Å²) in [6, 6.07) is 8.81. The van der Waals surface area contributed by atoms with E-state index in [4.69, 9.17) is 4.52 Å². The summed E-state index contributed by atoms with van der Waals surface area (Å²) in [4.78, 5) is 0. The second kappa shape index (κ2) is 5.15. The fraction of sp³-hybridized carbons (Fsp3) is 0.357. The summed E-state index contributed by atoms with van der Waals surface area (Å²) in [6.07, 6.45) is 1.60. The van der Waals surface area contributed by atoms with Gasteiger partial charge in [-0.1, -0.05) is 34.5 Å². The standard InChI is InChI=1S/C14H18N2O/c1-10-6-11(2)8-13(7-10)12(3)15-9-14-4-5-17-16-14/h4-8,12,15H,9H2,1-3H3. The maximum atomic E-state index is 4.80. The molecule has 0 aliphatic heterocycles. The Balaban J connectivity index is 2.01. The first-order valence-electron chi connectivity index (χ1n) is 5.86. The second-order valence-corrected chi connectivity index (χ2v) is 4.51. The van der Waals surface area contributed by atoms with E-state index in [-0.39, 0.29) is 0 Å². The SMILES string of the molecule is Cc1cc(C)cc(C(C)NCc2ccon2)c1. The van der Waals surface area contributed by atoms with Crippen LogP contribution in [0, 0.1) is 13.8 Å². The lowest BCUT2D eigenvalue weighted by Gasteiger charge is -2.14. The minimum Gasteiger partial charge on any atom is -0.364 e. The maximum absolute atomic E-state index is 4.80. The molecule has 0 saturated heterocycles. The summed E-state index contributed by atoms with van der Waals surface area (Å²) in [6.45, 7) is 7.14. The molecule has 2 rings (SSSR count). The van der Waals surface area contributed by atoms with Gasteiger partial charge in [-0.3, -0.25) is 0 Å². The highest BCUT2D eigenvalue weighted by Crippen LogP contribution is 2.16. The number of nitrogens with zero attached hydrogens (tertiary/aromatic N) is 1. The predicted molar refractivity (Wildman–Crippen MR) is 67.7 cm³/mol. The van der Waals surface area contributed by atoms with Crippen LogP contribution < -0.4 is 5.32 Å². The third kappa shape index (κ3) is 3.17. The summed E-state index contributed by atoms with van der Waals surface area (Å²) in [7, 11) is 0. The Morgan fingerprint density at radius 1 is 1.24 bits per heavy atom. The lowest BCUT2D eigenvalue weighted by Crippen LogP contribution is -2.18. The highest BCUT2D eigenvalue weighted by atomic mass is 16.5. The van der Waals surface area contributed by atoms with Crippen molar-refractivity contribution in [3.63, 3.8) is 0 Å². The summed E-state index contributed by atoms with van der Waals surface area (Å²) in [5.41, 5.74) is 4.84. The Kier molecular flexibility index (Phi) is 3.59. The van der Waals surface area contributed by atoms with Crippen molar-refractivity contribution in [2.45, 2.75) is 33.4 Å². The Bertz CT molecular complexity index is 457. The molecule has 0 spiro atoms. The van der Waals surface area contributed by atoms with Crippen molar-refractivity contribution in [1.82, 2.24) is 10.5 Å². The molecule has 1 atom stereocenters. The summed E-state index contributed by atoms with van der Waals surface area (Å²) in [5.74, 6) is 0. The van der Waals surface area contributed by atoms with Crippen LogP contribution in [0.1, 0.15) is 35.3 Å². The van der Waals surface area contributed by atoms with Crippen LogP contribution in [0.4, 0.5) is 0 Å². The van der Waals surface area contributed by atoms with Gasteiger partial charge in [0.05, 0.1) is 5.69 Å². The van der Waals surface area contributed by atoms with Crippen molar-refractivity contribution in [2.75, 3.05) is 0 Å². The van der Waals surface area contributed by atoms with Crippen molar-refractivity contribution in [3.8, 4) is 0 Å². The second-order valence-electron chi connectivity index (χ2n) is 4.51. The first-order chi connectivity index (χ1) is 8.15. The van der Waals surface area contributed by atoms with Crippen LogP contribution in [-0.4, -0.2) is 5.16 Å². The lowest BCUT2D eigenvalue weighted by atomic mass is 10.0. The predicted octanol–water partition coefficient (Wildman–Crippen LogP) is 3.14. The number of nitrogens with one attached hydrogen (secondary N) is 1. The van der Waals surface area contributed by atoms with Crippen molar-refractivity contribution in [1.29, 1.82) is 0 Å². The number of benzene rings is 1. The monoisotopic (exact) mass is 230 g/mol. The van der Waals surface area contributed by atoms with E-state index in [0.29, 0.717) is 6.04 Å². The molecule has 1 aromatic heterocycles. The van der Waals surface area contributed by atoms with E-state index in [2.05, 4.69) is 49.4 Å². The number of aromatic nitrogens is 1. The van der Waals surface area contributed by atoms with Gasteiger partial charge in [-0.25, -0.2) is 0 Å². The van der Waals surface area contributed by atoms with E-state index >= 15 is 0 Å². The van der Waals surface area contributed by atoms with Crippen LogP contribution in [0.2, 0.25) is 0 Å². The van der Waals surface area contributed by atoms with E-state index in [1.54, 1.807) is 6.26 Å². The van der Waals surface area contributed by atoms with Crippen LogP contribution in [-0.2, 0) is 6.54 Å². The Morgan fingerprint density at radius 2 is 1.94 bits per heavy atom. The minimum absolute atomic E-state index is 0.310. The molecule has 0 fully saturated rings. The molecular formula is C14H18N2O. The minimum atomic E-state index is 0.310.